The van der Waals surface area contributed by atoms with Crippen LogP contribution in [0.2, 0.25) is 0 Å². The minimum atomic E-state index is -1.18. The number of aliphatic hydroxyl groups is 6. The van der Waals surface area contributed by atoms with Crippen LogP contribution >= 0.6 is 0 Å². The lowest BCUT2D eigenvalue weighted by Gasteiger charge is -1.96. The molecule has 0 fully saturated rings. The number of carbonyl (C=O) groups is 2. The Kier molecular flexibility index (Phi) is 28.8. The molecule has 0 aromatic heterocycles. The topological polar surface area (TPSA) is 202 Å². The summed E-state index contributed by atoms with van der Waals surface area (Å²) < 4.78 is 0. The third kappa shape index (κ3) is 51.2. The first kappa shape index (κ1) is 28.8. The van der Waals surface area contributed by atoms with E-state index in [-0.39, 0.29) is 32.1 Å². The molecule has 2 atom stereocenters. The molecule has 22 heavy (non-hydrogen) atoms. The highest BCUT2D eigenvalue weighted by Gasteiger charge is 2.07. The monoisotopic (exact) mass is 331 g/mol. The number of carboxylic acids is 1. The van der Waals surface area contributed by atoms with Crippen LogP contribution in [0.4, 0.5) is 0 Å². The van der Waals surface area contributed by atoms with Crippen molar-refractivity contribution in [2.45, 2.75) is 45.5 Å². The van der Waals surface area contributed by atoms with Gasteiger partial charge in [-0.15, -0.1) is 0 Å². The van der Waals surface area contributed by atoms with Crippen molar-refractivity contribution in [3.63, 3.8) is 0 Å². The minimum Gasteiger partial charge on any atom is -0.479 e. The van der Waals surface area contributed by atoms with Crippen molar-refractivity contribution >= 4 is 11.9 Å². The Balaban J connectivity index is -0.000000100. The fourth-order valence-corrected chi connectivity index (χ4v) is 0.232. The number of carboxylic acid groups (broad SMARTS) is 1. The number of amides is 1. The highest BCUT2D eigenvalue weighted by molar-refractivity contribution is 5.71. The smallest absolute Gasteiger partial charge is 0.332 e. The molecule has 0 aliphatic heterocycles. The summed E-state index contributed by atoms with van der Waals surface area (Å²) in [7, 11) is 0. The zero-order valence-electron chi connectivity index (χ0n) is 13.1. The molecule has 10 nitrogen and oxygen atoms in total. The molecule has 0 aromatic carbocycles. The molecule has 9 N–H and O–H groups in total. The van der Waals surface area contributed by atoms with Gasteiger partial charge in [0, 0.05) is 6.92 Å². The lowest BCUT2D eigenvalue weighted by atomic mass is 10.3. The summed E-state index contributed by atoms with van der Waals surface area (Å²) in [5, 5.41) is 56.3. The van der Waals surface area contributed by atoms with E-state index in [0.29, 0.717) is 0 Å². The Morgan fingerprint density at radius 3 is 1.27 bits per heavy atom. The second-order valence-corrected chi connectivity index (χ2v) is 3.92. The third-order valence-corrected chi connectivity index (χ3v) is 1.36. The second-order valence-electron chi connectivity index (χ2n) is 3.92. The van der Waals surface area contributed by atoms with Crippen LogP contribution in [-0.2, 0) is 9.59 Å². The van der Waals surface area contributed by atoms with Crippen molar-refractivity contribution in [3.05, 3.63) is 0 Å². The molecular weight excluding hydrogens is 302 g/mol. The van der Waals surface area contributed by atoms with Gasteiger partial charge in [-0.3, -0.25) is 4.79 Å². The zero-order valence-corrected chi connectivity index (χ0v) is 13.1. The van der Waals surface area contributed by atoms with Gasteiger partial charge in [0.05, 0.1) is 25.9 Å². The van der Waals surface area contributed by atoms with Gasteiger partial charge in [0.1, 0.15) is 6.10 Å². The largest absolute Gasteiger partial charge is 0.479 e. The third-order valence-electron chi connectivity index (χ3n) is 1.36. The normalized spacial score (nSPS) is 11.5. The number of primary amides is 1. The number of rotatable bonds is 5. The molecule has 0 heterocycles. The Morgan fingerprint density at radius 1 is 1.00 bits per heavy atom. The number of hydrogen-bond donors (Lipinski definition) is 8. The Morgan fingerprint density at radius 2 is 1.27 bits per heavy atom. The van der Waals surface area contributed by atoms with E-state index < -0.39 is 24.3 Å². The van der Waals surface area contributed by atoms with Crippen molar-refractivity contribution in [2.24, 2.45) is 5.73 Å². The van der Waals surface area contributed by atoms with Crippen molar-refractivity contribution in [2.75, 3.05) is 19.8 Å². The molecule has 0 aliphatic rings. The molecule has 0 saturated heterocycles. The maximum atomic E-state index is 9.68. The van der Waals surface area contributed by atoms with Crippen LogP contribution in [0, 0.1) is 0 Å². The summed E-state index contributed by atoms with van der Waals surface area (Å²) in [6, 6.07) is 0. The summed E-state index contributed by atoms with van der Waals surface area (Å²) in [4.78, 5) is 18.9. The maximum absolute atomic E-state index is 9.68. The fourth-order valence-electron chi connectivity index (χ4n) is 0.232. The quantitative estimate of drug-likeness (QED) is 0.259. The van der Waals surface area contributed by atoms with E-state index >= 15 is 0 Å². The Labute approximate surface area is 129 Å². The van der Waals surface area contributed by atoms with Gasteiger partial charge in [-0.1, -0.05) is 6.92 Å². The van der Waals surface area contributed by atoms with Gasteiger partial charge in [0.15, 0.2) is 6.10 Å². The highest BCUT2D eigenvalue weighted by Crippen LogP contribution is 1.86. The number of hydrogen-bond acceptors (Lipinski definition) is 8. The summed E-state index contributed by atoms with van der Waals surface area (Å²) in [5.74, 6) is -1.48. The van der Waals surface area contributed by atoms with E-state index in [4.69, 9.17) is 35.7 Å². The van der Waals surface area contributed by atoms with Crippen LogP contribution in [0.5, 0.6) is 0 Å². The van der Waals surface area contributed by atoms with Crippen molar-refractivity contribution in [3.8, 4) is 0 Å². The van der Waals surface area contributed by atoms with Crippen LogP contribution in [-0.4, -0.2) is 85.8 Å². The number of nitrogens with two attached hydrogens (primary N) is 1. The molecule has 0 aliphatic carbocycles. The van der Waals surface area contributed by atoms with Gasteiger partial charge in [-0.2, -0.15) is 0 Å². The molecule has 0 spiro atoms. The van der Waals surface area contributed by atoms with Gasteiger partial charge in [0.25, 0.3) is 0 Å². The van der Waals surface area contributed by atoms with Crippen LogP contribution < -0.4 is 5.73 Å². The Bertz CT molecular complexity index is 241. The van der Waals surface area contributed by atoms with E-state index in [1.807, 2.05) is 0 Å². The summed E-state index contributed by atoms with van der Waals surface area (Å²) >= 11 is 0. The molecule has 1 amide bonds. The van der Waals surface area contributed by atoms with E-state index in [0.717, 1.165) is 0 Å². The van der Waals surface area contributed by atoms with E-state index in [9.17, 15) is 9.59 Å². The van der Waals surface area contributed by atoms with Gasteiger partial charge < -0.3 is 41.5 Å². The lowest BCUT2D eigenvalue weighted by molar-refractivity contribution is -0.146. The van der Waals surface area contributed by atoms with Gasteiger partial charge in [0.2, 0.25) is 5.91 Å². The predicted octanol–water partition coefficient (Wildman–Crippen LogP) is -2.98. The van der Waals surface area contributed by atoms with Gasteiger partial charge in [-0.25, -0.2) is 4.79 Å². The first-order chi connectivity index (χ1) is 9.99. The fraction of sp³-hybridized carbons (Fsp3) is 0.833. The van der Waals surface area contributed by atoms with E-state index in [1.165, 1.54) is 13.8 Å². The molecule has 0 radical (unpaired) electrons. The summed E-state index contributed by atoms with van der Waals surface area (Å²) in [6.07, 6.45) is -2.42. The Hall–Kier alpha value is -1.30. The van der Waals surface area contributed by atoms with Crippen LogP contribution in [0.3, 0.4) is 0 Å². The van der Waals surface area contributed by atoms with Crippen LogP contribution in [0.1, 0.15) is 27.2 Å². The average molecular weight is 331 g/mol. The number of aliphatic hydroxyl groups excluding tert-OH is 6. The SMILES string of the molecule is CC(N)=O.CC(O)CO.CCC(O)C(=O)O.OCC(O)CO. The number of aliphatic carboxylic acids is 1. The molecule has 2 unspecified atom stereocenters. The molecule has 0 bridgehead atoms. The summed E-state index contributed by atoms with van der Waals surface area (Å²) in [5.41, 5.74) is 4.47. The molecule has 0 saturated carbocycles. The first-order valence-electron chi connectivity index (χ1n) is 6.35. The van der Waals surface area contributed by atoms with E-state index in [2.05, 4.69) is 5.73 Å². The first-order valence-corrected chi connectivity index (χ1v) is 6.35. The maximum Gasteiger partial charge on any atom is 0.332 e. The lowest BCUT2D eigenvalue weighted by Crippen LogP contribution is -2.17. The van der Waals surface area contributed by atoms with Crippen LogP contribution in [0.25, 0.3) is 0 Å². The van der Waals surface area contributed by atoms with Gasteiger partial charge >= 0.3 is 5.97 Å². The van der Waals surface area contributed by atoms with Crippen molar-refractivity contribution < 1.29 is 45.3 Å². The summed E-state index contributed by atoms with van der Waals surface area (Å²) in [6.45, 7) is 3.58. The standard InChI is InChI=1S/C4H8O3.C3H8O3.C3H8O2.C2H5NO/c1-2-3(5)4(6)7;4-1-3(6)2-5;1-3(5)2-4;1-2(3)4/h3,5H,2H2,1H3,(H,6,7);3-6H,1-2H2;3-5H,2H2,1H3;1H3,(H2,3,4). The average Bonchev–Trinajstić information content (AvgIpc) is 2.45. The zero-order chi connectivity index (χ0) is 18.7. The predicted molar refractivity (Wildman–Crippen MR) is 77.7 cm³/mol. The number of carbonyl (C=O) groups excluding carboxylic acids is 1. The molecular formula is C12H29NO9. The van der Waals surface area contributed by atoms with Crippen molar-refractivity contribution in [1.82, 2.24) is 0 Å². The molecule has 136 valence electrons. The van der Waals surface area contributed by atoms with Crippen LogP contribution in [0.15, 0.2) is 0 Å². The van der Waals surface area contributed by atoms with Gasteiger partial charge in [-0.05, 0) is 13.3 Å². The van der Waals surface area contributed by atoms with E-state index in [1.54, 1.807) is 6.92 Å². The highest BCUT2D eigenvalue weighted by atomic mass is 16.4. The minimum absolute atomic E-state index is 0.139. The molecule has 10 heteroatoms. The molecule has 0 rings (SSSR count). The molecule has 0 aromatic rings. The second kappa shape index (κ2) is 22.0. The van der Waals surface area contributed by atoms with Crippen molar-refractivity contribution in [1.29, 1.82) is 0 Å².